The third kappa shape index (κ3) is 6.74. The average Bonchev–Trinajstić information content (AvgIpc) is 2.97. The molecule has 0 fully saturated rings. The zero-order valence-electron chi connectivity index (χ0n) is 24.5. The van der Waals surface area contributed by atoms with Gasteiger partial charge in [0.25, 0.3) is 5.56 Å². The lowest BCUT2D eigenvalue weighted by molar-refractivity contribution is 0.306. The Balaban J connectivity index is 1.56. The molecule has 0 spiro atoms. The summed E-state index contributed by atoms with van der Waals surface area (Å²) in [6.07, 6.45) is 1.52. The van der Waals surface area contributed by atoms with Crippen LogP contribution in [-0.4, -0.2) is 22.5 Å². The highest BCUT2D eigenvalue weighted by atomic mass is 35.5. The highest BCUT2D eigenvalue weighted by molar-refractivity contribution is 6.37. The number of aromatic nitrogens is 2. The quantitative estimate of drug-likeness (QED) is 0.147. The lowest BCUT2D eigenvalue weighted by Gasteiger charge is -2.18. The van der Waals surface area contributed by atoms with E-state index in [1.54, 1.807) is 42.5 Å². The van der Waals surface area contributed by atoms with E-state index in [1.807, 2.05) is 38.1 Å². The number of benzene rings is 4. The first kappa shape index (κ1) is 31.9. The van der Waals surface area contributed by atoms with Crippen molar-refractivity contribution in [2.45, 2.75) is 40.2 Å². The van der Waals surface area contributed by atoms with E-state index in [-0.39, 0.29) is 28.1 Å². The molecule has 44 heavy (non-hydrogen) atoms. The molecule has 0 atom stereocenters. The molecular formula is C34H29Cl4N3O3. The standard InChI is InChI=1S/C34H29Cl4N3O3/c1-5-43-31-12-20(4)26(16-25(31)19(2)3)33-40-30-9-7-6-8-24(30)34(42)41(33)39-17-21-13-28(37)32(29(38)14-21)44-18-22-10-11-23(35)15-27(22)36/h6-17,19H,5,18H2,1-4H3. The third-order valence-corrected chi connectivity index (χ3v) is 8.15. The van der Waals surface area contributed by atoms with E-state index in [9.17, 15) is 4.79 Å². The van der Waals surface area contributed by atoms with E-state index in [0.717, 1.165) is 28.0 Å². The Hall–Kier alpha value is -3.55. The molecule has 0 saturated carbocycles. The van der Waals surface area contributed by atoms with Crippen molar-refractivity contribution in [3.05, 3.63) is 119 Å². The number of hydrogen-bond donors (Lipinski definition) is 0. The molecule has 226 valence electrons. The molecule has 0 unspecified atom stereocenters. The maximum absolute atomic E-state index is 13.8. The van der Waals surface area contributed by atoms with Crippen LogP contribution in [0.3, 0.4) is 0 Å². The molecule has 0 N–H and O–H groups in total. The predicted molar refractivity (Wildman–Crippen MR) is 182 cm³/mol. The molecule has 5 aromatic rings. The Morgan fingerprint density at radius 3 is 2.34 bits per heavy atom. The average molecular weight is 669 g/mol. The van der Waals surface area contributed by atoms with Crippen LogP contribution in [-0.2, 0) is 6.61 Å². The maximum atomic E-state index is 13.8. The second-order valence-electron chi connectivity index (χ2n) is 10.4. The van der Waals surface area contributed by atoms with Crippen molar-refractivity contribution in [1.82, 2.24) is 9.66 Å². The fraction of sp³-hybridized carbons (Fsp3) is 0.206. The fourth-order valence-corrected chi connectivity index (χ4v) is 5.86. The summed E-state index contributed by atoms with van der Waals surface area (Å²) in [7, 11) is 0. The van der Waals surface area contributed by atoms with Gasteiger partial charge in [0.15, 0.2) is 11.6 Å². The number of aryl methyl sites for hydroxylation is 1. The van der Waals surface area contributed by atoms with Crippen molar-refractivity contribution >= 4 is 63.5 Å². The molecule has 0 aliphatic heterocycles. The summed E-state index contributed by atoms with van der Waals surface area (Å²) < 4.78 is 13.1. The molecule has 6 nitrogen and oxygen atoms in total. The Labute approximate surface area is 275 Å². The van der Waals surface area contributed by atoms with Crippen molar-refractivity contribution in [1.29, 1.82) is 0 Å². The van der Waals surface area contributed by atoms with Crippen LogP contribution in [0.15, 0.2) is 76.6 Å². The highest BCUT2D eigenvalue weighted by Gasteiger charge is 2.19. The molecule has 10 heteroatoms. The van der Waals surface area contributed by atoms with E-state index < -0.39 is 0 Å². The first-order valence-electron chi connectivity index (χ1n) is 14.0. The predicted octanol–water partition coefficient (Wildman–Crippen LogP) is 9.97. The summed E-state index contributed by atoms with van der Waals surface area (Å²) in [6, 6.07) is 19.7. The SMILES string of the molecule is CCOc1cc(C)c(-c2nc3ccccc3c(=O)n2N=Cc2cc(Cl)c(OCc3ccc(Cl)cc3Cl)c(Cl)c2)cc1C(C)C. The minimum absolute atomic E-state index is 0.143. The molecule has 4 aromatic carbocycles. The van der Waals surface area contributed by atoms with Gasteiger partial charge in [0.05, 0.1) is 33.8 Å². The number of fused-ring (bicyclic) bond motifs is 1. The number of halogens is 4. The van der Waals surface area contributed by atoms with Crippen LogP contribution in [0.1, 0.15) is 48.9 Å². The number of rotatable bonds is 9. The number of hydrogen-bond acceptors (Lipinski definition) is 5. The fourth-order valence-electron chi connectivity index (χ4n) is 4.78. The Morgan fingerprint density at radius 1 is 0.932 bits per heavy atom. The van der Waals surface area contributed by atoms with Gasteiger partial charge in [-0.05, 0) is 85.0 Å². The summed E-state index contributed by atoms with van der Waals surface area (Å²) in [5.41, 5.74) is 4.25. The summed E-state index contributed by atoms with van der Waals surface area (Å²) >= 11 is 25.4. The van der Waals surface area contributed by atoms with E-state index in [4.69, 9.17) is 60.9 Å². The largest absolute Gasteiger partial charge is 0.494 e. The topological polar surface area (TPSA) is 65.7 Å². The lowest BCUT2D eigenvalue weighted by Crippen LogP contribution is -2.21. The van der Waals surface area contributed by atoms with Crippen LogP contribution in [0.2, 0.25) is 20.1 Å². The van der Waals surface area contributed by atoms with Gasteiger partial charge >= 0.3 is 0 Å². The van der Waals surface area contributed by atoms with Crippen LogP contribution >= 0.6 is 46.4 Å². The molecule has 0 aliphatic rings. The molecule has 1 aromatic heterocycles. The second kappa shape index (κ2) is 13.6. The number of para-hydroxylation sites is 1. The van der Waals surface area contributed by atoms with Gasteiger partial charge in [-0.1, -0.05) is 78.5 Å². The molecule has 1 heterocycles. The van der Waals surface area contributed by atoms with Crippen LogP contribution in [0.4, 0.5) is 0 Å². The van der Waals surface area contributed by atoms with Gasteiger partial charge in [0.2, 0.25) is 0 Å². The van der Waals surface area contributed by atoms with Gasteiger partial charge in [-0.15, -0.1) is 0 Å². The van der Waals surface area contributed by atoms with Gasteiger partial charge in [-0.2, -0.15) is 9.78 Å². The van der Waals surface area contributed by atoms with E-state index in [2.05, 4.69) is 18.9 Å². The van der Waals surface area contributed by atoms with Crippen molar-refractivity contribution in [3.63, 3.8) is 0 Å². The van der Waals surface area contributed by atoms with Gasteiger partial charge < -0.3 is 9.47 Å². The van der Waals surface area contributed by atoms with Crippen molar-refractivity contribution in [2.24, 2.45) is 5.10 Å². The monoisotopic (exact) mass is 667 g/mol. The summed E-state index contributed by atoms with van der Waals surface area (Å²) in [6.45, 7) is 8.81. The van der Waals surface area contributed by atoms with Gasteiger partial charge in [0.1, 0.15) is 12.4 Å². The first-order valence-corrected chi connectivity index (χ1v) is 15.5. The van der Waals surface area contributed by atoms with Crippen LogP contribution in [0.5, 0.6) is 11.5 Å². The van der Waals surface area contributed by atoms with Crippen LogP contribution in [0.25, 0.3) is 22.3 Å². The Bertz CT molecular complexity index is 1930. The normalized spacial score (nSPS) is 11.6. The minimum atomic E-state index is -0.307. The van der Waals surface area contributed by atoms with E-state index in [1.165, 1.54) is 10.9 Å². The molecule has 0 bridgehead atoms. The van der Waals surface area contributed by atoms with Gasteiger partial charge in [-0.3, -0.25) is 4.79 Å². The molecule has 0 radical (unpaired) electrons. The van der Waals surface area contributed by atoms with Crippen molar-refractivity contribution in [2.75, 3.05) is 6.61 Å². The van der Waals surface area contributed by atoms with E-state index in [0.29, 0.717) is 44.7 Å². The zero-order chi connectivity index (χ0) is 31.5. The smallest absolute Gasteiger partial charge is 0.282 e. The van der Waals surface area contributed by atoms with Crippen molar-refractivity contribution in [3.8, 4) is 22.9 Å². The Morgan fingerprint density at radius 2 is 1.66 bits per heavy atom. The Kier molecular flexibility index (Phi) is 9.86. The third-order valence-electron chi connectivity index (χ3n) is 7.00. The molecule has 5 rings (SSSR count). The minimum Gasteiger partial charge on any atom is -0.494 e. The van der Waals surface area contributed by atoms with Gasteiger partial charge in [0, 0.05) is 21.2 Å². The first-order chi connectivity index (χ1) is 21.1. The molecule has 0 aliphatic carbocycles. The summed E-state index contributed by atoms with van der Waals surface area (Å²) in [5, 5.41) is 6.60. The molecular weight excluding hydrogens is 640 g/mol. The highest BCUT2D eigenvalue weighted by Crippen LogP contribution is 2.36. The summed E-state index contributed by atoms with van der Waals surface area (Å²) in [4.78, 5) is 18.7. The molecule has 0 saturated heterocycles. The van der Waals surface area contributed by atoms with E-state index >= 15 is 0 Å². The zero-order valence-corrected chi connectivity index (χ0v) is 27.5. The van der Waals surface area contributed by atoms with Crippen molar-refractivity contribution < 1.29 is 9.47 Å². The number of nitrogens with zero attached hydrogens (tertiary/aromatic N) is 3. The second-order valence-corrected chi connectivity index (χ2v) is 12.1. The van der Waals surface area contributed by atoms with Crippen LogP contribution in [0, 0.1) is 6.92 Å². The lowest BCUT2D eigenvalue weighted by atomic mass is 9.96. The van der Waals surface area contributed by atoms with Gasteiger partial charge in [-0.25, -0.2) is 4.98 Å². The maximum Gasteiger partial charge on any atom is 0.282 e. The summed E-state index contributed by atoms with van der Waals surface area (Å²) in [5.74, 6) is 1.70. The van der Waals surface area contributed by atoms with Crippen LogP contribution < -0.4 is 15.0 Å². The molecule has 0 amide bonds. The number of ether oxygens (including phenoxy) is 2.